The van der Waals surface area contributed by atoms with Gasteiger partial charge in [-0.25, -0.2) is 0 Å². The highest BCUT2D eigenvalue weighted by Gasteiger charge is 2.23. The summed E-state index contributed by atoms with van der Waals surface area (Å²) in [6.45, 7) is 6.24. The second-order valence-electron chi connectivity index (χ2n) is 6.14. The minimum absolute atomic E-state index is 0.437. The molecule has 0 aliphatic carbocycles. The summed E-state index contributed by atoms with van der Waals surface area (Å²) in [5.41, 5.74) is 10.9. The topological polar surface area (TPSA) is 104 Å². The highest BCUT2D eigenvalue weighted by Crippen LogP contribution is 2.19. The summed E-state index contributed by atoms with van der Waals surface area (Å²) in [4.78, 5) is 25.1. The van der Waals surface area contributed by atoms with Crippen molar-refractivity contribution < 1.29 is 14.7 Å². The zero-order valence-corrected chi connectivity index (χ0v) is 17.2. The molecule has 0 aromatic heterocycles. The predicted octanol–water partition coefficient (Wildman–Crippen LogP) is 2.17. The van der Waals surface area contributed by atoms with Crippen LogP contribution in [0.5, 0.6) is 0 Å². The summed E-state index contributed by atoms with van der Waals surface area (Å²) in [5, 5.41) is 10.4. The molecule has 1 aromatic carbocycles. The van der Waals surface area contributed by atoms with Crippen LogP contribution in [0.4, 0.5) is 0 Å². The number of carbonyl (C=O) groups excluding carboxylic acids is 2. The third-order valence-corrected chi connectivity index (χ3v) is 5.78. The SMILES string of the molecule is CCCSc1cccc(C(=O)NNC(=O)C(O)[C@H](N)CCSC(C)C)c1. The van der Waals surface area contributed by atoms with Gasteiger partial charge in [0.15, 0.2) is 0 Å². The summed E-state index contributed by atoms with van der Waals surface area (Å²) in [6.07, 6.45) is 0.196. The molecule has 2 amide bonds. The lowest BCUT2D eigenvalue weighted by Gasteiger charge is -2.19. The summed E-state index contributed by atoms with van der Waals surface area (Å²) in [6, 6.07) is 6.50. The van der Waals surface area contributed by atoms with Crippen molar-refractivity contribution in [2.75, 3.05) is 11.5 Å². The van der Waals surface area contributed by atoms with Crippen molar-refractivity contribution in [3.05, 3.63) is 29.8 Å². The molecule has 6 nitrogen and oxygen atoms in total. The zero-order valence-electron chi connectivity index (χ0n) is 15.5. The first kappa shape index (κ1) is 22.8. The van der Waals surface area contributed by atoms with Crippen LogP contribution in [0.2, 0.25) is 0 Å². The number of hydrazine groups is 1. The molecule has 2 atom stereocenters. The molecule has 146 valence electrons. The van der Waals surface area contributed by atoms with Gasteiger partial charge in [0.1, 0.15) is 6.10 Å². The Morgan fingerprint density at radius 2 is 1.96 bits per heavy atom. The van der Waals surface area contributed by atoms with Crippen molar-refractivity contribution in [2.45, 2.75) is 55.9 Å². The third kappa shape index (κ3) is 8.44. The molecular weight excluding hydrogens is 370 g/mol. The van der Waals surface area contributed by atoms with E-state index in [0.29, 0.717) is 17.2 Å². The van der Waals surface area contributed by atoms with E-state index in [-0.39, 0.29) is 0 Å². The van der Waals surface area contributed by atoms with Gasteiger partial charge >= 0.3 is 0 Å². The maximum atomic E-state index is 12.2. The molecule has 0 saturated heterocycles. The molecule has 0 aliphatic heterocycles. The van der Waals surface area contributed by atoms with Crippen LogP contribution < -0.4 is 16.6 Å². The molecule has 0 spiro atoms. The lowest BCUT2D eigenvalue weighted by molar-refractivity contribution is -0.131. The quantitative estimate of drug-likeness (QED) is 0.355. The van der Waals surface area contributed by atoms with Crippen molar-refractivity contribution in [2.24, 2.45) is 5.73 Å². The number of hydrogen-bond donors (Lipinski definition) is 4. The largest absolute Gasteiger partial charge is 0.382 e. The van der Waals surface area contributed by atoms with Gasteiger partial charge in [0.05, 0.1) is 0 Å². The Balaban J connectivity index is 2.46. The smallest absolute Gasteiger partial charge is 0.269 e. The van der Waals surface area contributed by atoms with Crippen molar-refractivity contribution in [1.29, 1.82) is 0 Å². The molecule has 0 aliphatic rings. The first-order chi connectivity index (χ1) is 12.3. The Kier molecular flexibility index (Phi) is 10.7. The number of hydrogen-bond acceptors (Lipinski definition) is 6. The van der Waals surface area contributed by atoms with Gasteiger partial charge in [0.25, 0.3) is 11.8 Å². The molecule has 0 heterocycles. The fourth-order valence-electron chi connectivity index (χ4n) is 2.00. The molecule has 5 N–H and O–H groups in total. The van der Waals surface area contributed by atoms with E-state index in [9.17, 15) is 14.7 Å². The van der Waals surface area contributed by atoms with Crippen molar-refractivity contribution in [1.82, 2.24) is 10.9 Å². The van der Waals surface area contributed by atoms with E-state index in [2.05, 4.69) is 31.6 Å². The van der Waals surface area contributed by atoms with Gasteiger partial charge in [-0.1, -0.05) is 26.8 Å². The number of rotatable bonds is 10. The first-order valence-corrected chi connectivity index (χ1v) is 10.8. The van der Waals surface area contributed by atoms with E-state index in [1.807, 2.05) is 6.07 Å². The summed E-state index contributed by atoms with van der Waals surface area (Å²) >= 11 is 3.39. The van der Waals surface area contributed by atoms with Gasteiger partial charge in [-0.15, -0.1) is 11.8 Å². The second kappa shape index (κ2) is 12.2. The molecule has 1 unspecified atom stereocenters. The van der Waals surface area contributed by atoms with Gasteiger partial charge in [0, 0.05) is 16.5 Å². The molecule has 8 heteroatoms. The number of nitrogens with one attached hydrogen (secondary N) is 2. The van der Waals surface area contributed by atoms with Gasteiger partial charge in [-0.3, -0.25) is 20.4 Å². The van der Waals surface area contributed by atoms with Crippen molar-refractivity contribution in [3.63, 3.8) is 0 Å². The maximum absolute atomic E-state index is 12.2. The molecule has 26 heavy (non-hydrogen) atoms. The number of aliphatic hydroxyl groups is 1. The normalized spacial score (nSPS) is 13.3. The van der Waals surface area contributed by atoms with Crippen LogP contribution in [0.1, 0.15) is 44.0 Å². The summed E-state index contributed by atoms with van der Waals surface area (Å²) in [7, 11) is 0. The predicted molar refractivity (Wildman–Crippen MR) is 109 cm³/mol. The van der Waals surface area contributed by atoms with E-state index in [1.165, 1.54) is 0 Å². The van der Waals surface area contributed by atoms with Gasteiger partial charge in [-0.2, -0.15) is 11.8 Å². The molecular formula is C18H29N3O3S2. The molecule has 0 bridgehead atoms. The first-order valence-electron chi connectivity index (χ1n) is 8.73. The van der Waals surface area contributed by atoms with Gasteiger partial charge in [-0.05, 0) is 47.8 Å². The fourth-order valence-corrected chi connectivity index (χ4v) is 3.71. The van der Waals surface area contributed by atoms with Crippen LogP contribution in [0.25, 0.3) is 0 Å². The van der Waals surface area contributed by atoms with Crippen LogP contribution in [0, 0.1) is 0 Å². The Labute approximate surface area is 164 Å². The molecule has 0 saturated carbocycles. The van der Waals surface area contributed by atoms with Crippen LogP contribution in [-0.2, 0) is 4.79 Å². The Hall–Kier alpha value is -1.22. The standard InChI is InChI=1S/C18H29N3O3S2/c1-4-9-26-14-7-5-6-13(11-14)17(23)20-21-18(24)16(22)15(19)8-10-25-12(2)3/h5-7,11-12,15-16,22H,4,8-10,19H2,1-3H3,(H,20,23)(H,21,24)/t15-,16?/m1/s1. The fraction of sp³-hybridized carbons (Fsp3) is 0.556. The Morgan fingerprint density at radius 3 is 2.62 bits per heavy atom. The van der Waals surface area contributed by atoms with Gasteiger partial charge < -0.3 is 10.8 Å². The molecule has 0 fully saturated rings. The average Bonchev–Trinajstić information content (AvgIpc) is 2.63. The number of nitrogens with two attached hydrogens (primary N) is 1. The number of amides is 2. The Bertz CT molecular complexity index is 585. The monoisotopic (exact) mass is 399 g/mol. The van der Waals surface area contributed by atoms with Crippen molar-refractivity contribution >= 4 is 35.3 Å². The molecule has 0 radical (unpaired) electrons. The highest BCUT2D eigenvalue weighted by atomic mass is 32.2. The Morgan fingerprint density at radius 1 is 1.23 bits per heavy atom. The number of benzene rings is 1. The van der Waals surface area contributed by atoms with Crippen LogP contribution in [0.3, 0.4) is 0 Å². The molecule has 1 aromatic rings. The van der Waals surface area contributed by atoms with Crippen LogP contribution >= 0.6 is 23.5 Å². The summed E-state index contributed by atoms with van der Waals surface area (Å²) < 4.78 is 0. The third-order valence-electron chi connectivity index (χ3n) is 3.44. The van der Waals surface area contributed by atoms with E-state index in [1.54, 1.807) is 41.7 Å². The zero-order chi connectivity index (χ0) is 19.5. The van der Waals surface area contributed by atoms with Crippen LogP contribution in [0.15, 0.2) is 29.2 Å². The molecule has 1 rings (SSSR count). The second-order valence-corrected chi connectivity index (χ2v) is 8.99. The number of carbonyl (C=O) groups is 2. The van der Waals surface area contributed by atoms with E-state index >= 15 is 0 Å². The van der Waals surface area contributed by atoms with E-state index in [0.717, 1.165) is 22.8 Å². The number of aliphatic hydroxyl groups excluding tert-OH is 1. The van der Waals surface area contributed by atoms with Crippen molar-refractivity contribution in [3.8, 4) is 0 Å². The van der Waals surface area contributed by atoms with Crippen LogP contribution in [-0.4, -0.2) is 45.8 Å². The lowest BCUT2D eigenvalue weighted by atomic mass is 10.1. The summed E-state index contributed by atoms with van der Waals surface area (Å²) in [5.74, 6) is 0.587. The lowest BCUT2D eigenvalue weighted by Crippen LogP contribution is -2.52. The van der Waals surface area contributed by atoms with E-state index < -0.39 is 24.0 Å². The average molecular weight is 400 g/mol. The maximum Gasteiger partial charge on any atom is 0.269 e. The van der Waals surface area contributed by atoms with Gasteiger partial charge in [0.2, 0.25) is 0 Å². The highest BCUT2D eigenvalue weighted by molar-refractivity contribution is 7.99. The minimum Gasteiger partial charge on any atom is -0.382 e. The van der Waals surface area contributed by atoms with E-state index in [4.69, 9.17) is 5.73 Å². The number of thioether (sulfide) groups is 2. The minimum atomic E-state index is -1.37.